The van der Waals surface area contributed by atoms with E-state index in [2.05, 4.69) is 6.08 Å². The average Bonchev–Trinajstić information content (AvgIpc) is 2.27. The zero-order valence-electron chi connectivity index (χ0n) is 10.1. The predicted octanol–water partition coefficient (Wildman–Crippen LogP) is 0.953. The highest BCUT2D eigenvalue weighted by atomic mass is 16.5. The van der Waals surface area contributed by atoms with Gasteiger partial charge in [-0.1, -0.05) is 6.08 Å². The molecule has 1 amide bonds. The second-order valence-corrected chi connectivity index (χ2v) is 4.27. The van der Waals surface area contributed by atoms with Gasteiger partial charge in [0.1, 0.15) is 0 Å². The molecule has 4 nitrogen and oxygen atoms in total. The Morgan fingerprint density at radius 2 is 2.44 bits per heavy atom. The third kappa shape index (κ3) is 4.33. The second kappa shape index (κ2) is 6.66. The number of methoxy groups -OCH3 is 1. The highest BCUT2D eigenvalue weighted by Crippen LogP contribution is 2.12. The number of carbonyl (C=O) groups is 1. The quantitative estimate of drug-likeness (QED) is 0.711. The Kier molecular flexibility index (Phi) is 5.49. The molecule has 0 aromatic rings. The number of aliphatic hydroxyl groups is 1. The highest BCUT2D eigenvalue weighted by molar-refractivity contribution is 5.76. The van der Waals surface area contributed by atoms with Gasteiger partial charge < -0.3 is 14.7 Å². The Hall–Kier alpha value is -0.870. The molecule has 4 heteroatoms. The third-order valence-corrected chi connectivity index (χ3v) is 2.76. The first kappa shape index (κ1) is 13.2. The van der Waals surface area contributed by atoms with Crippen LogP contribution in [0.2, 0.25) is 0 Å². The third-order valence-electron chi connectivity index (χ3n) is 2.76. The molecule has 1 N–H and O–H groups in total. The molecule has 0 aromatic carbocycles. The maximum absolute atomic E-state index is 11.7. The summed E-state index contributed by atoms with van der Waals surface area (Å²) in [7, 11) is 1.68. The minimum absolute atomic E-state index is 0.133. The van der Waals surface area contributed by atoms with Gasteiger partial charge in [0.15, 0.2) is 0 Å². The number of hydrogen-bond donors (Lipinski definition) is 1. The molecule has 0 saturated carbocycles. The van der Waals surface area contributed by atoms with E-state index in [0.29, 0.717) is 26.0 Å². The molecule has 0 bridgehead atoms. The van der Waals surface area contributed by atoms with E-state index in [4.69, 9.17) is 9.84 Å². The lowest BCUT2D eigenvalue weighted by Crippen LogP contribution is -2.35. The molecular weight excluding hydrogens is 206 g/mol. The minimum atomic E-state index is -0.395. The molecule has 0 radical (unpaired) electrons. The fraction of sp³-hybridized carbons (Fsp3) is 0.750. The molecular formula is C12H21NO3. The monoisotopic (exact) mass is 227 g/mol. The van der Waals surface area contributed by atoms with Gasteiger partial charge in [-0.05, 0) is 25.3 Å². The van der Waals surface area contributed by atoms with Crippen molar-refractivity contribution in [2.75, 3.05) is 26.8 Å². The number of hydrogen-bond acceptors (Lipinski definition) is 3. The van der Waals surface area contributed by atoms with E-state index in [9.17, 15) is 4.79 Å². The minimum Gasteiger partial charge on any atom is -0.393 e. The van der Waals surface area contributed by atoms with Gasteiger partial charge >= 0.3 is 0 Å². The summed E-state index contributed by atoms with van der Waals surface area (Å²) in [6, 6.07) is 0. The van der Waals surface area contributed by atoms with Gasteiger partial charge in [0.2, 0.25) is 5.91 Å². The molecule has 1 heterocycles. The van der Waals surface area contributed by atoms with Crippen LogP contribution in [-0.4, -0.2) is 48.8 Å². The lowest BCUT2D eigenvalue weighted by molar-refractivity contribution is -0.131. The smallest absolute Gasteiger partial charge is 0.222 e. The topological polar surface area (TPSA) is 49.8 Å². The fourth-order valence-corrected chi connectivity index (χ4v) is 1.74. The maximum Gasteiger partial charge on any atom is 0.222 e. The molecule has 0 aromatic heterocycles. The molecule has 1 atom stereocenters. The molecule has 0 spiro atoms. The number of ether oxygens (including phenoxy) is 1. The summed E-state index contributed by atoms with van der Waals surface area (Å²) >= 11 is 0. The van der Waals surface area contributed by atoms with Crippen molar-refractivity contribution in [3.8, 4) is 0 Å². The number of nitrogens with zero attached hydrogens (tertiary/aromatic N) is 1. The lowest BCUT2D eigenvalue weighted by atomic mass is 10.1. The summed E-state index contributed by atoms with van der Waals surface area (Å²) in [5, 5.41) is 9.11. The molecule has 1 unspecified atom stereocenters. The van der Waals surface area contributed by atoms with Crippen molar-refractivity contribution in [1.29, 1.82) is 0 Å². The van der Waals surface area contributed by atoms with Gasteiger partial charge in [0.25, 0.3) is 0 Å². The van der Waals surface area contributed by atoms with Gasteiger partial charge in [-0.2, -0.15) is 0 Å². The summed E-state index contributed by atoms with van der Waals surface area (Å²) in [4.78, 5) is 13.6. The largest absolute Gasteiger partial charge is 0.393 e. The van der Waals surface area contributed by atoms with Crippen LogP contribution in [0.5, 0.6) is 0 Å². The van der Waals surface area contributed by atoms with Crippen molar-refractivity contribution >= 4 is 5.91 Å². The van der Waals surface area contributed by atoms with Gasteiger partial charge in [-0.15, -0.1) is 0 Å². The van der Waals surface area contributed by atoms with Crippen molar-refractivity contribution in [2.24, 2.45) is 0 Å². The number of amides is 1. The molecule has 0 fully saturated rings. The van der Waals surface area contributed by atoms with Crippen molar-refractivity contribution in [2.45, 2.75) is 32.3 Å². The Bertz CT molecular complexity index is 261. The summed E-state index contributed by atoms with van der Waals surface area (Å²) in [6.07, 6.45) is 3.55. The van der Waals surface area contributed by atoms with Crippen LogP contribution in [-0.2, 0) is 9.53 Å². The molecule has 0 aliphatic carbocycles. The van der Waals surface area contributed by atoms with E-state index in [1.165, 1.54) is 5.57 Å². The van der Waals surface area contributed by atoms with Crippen LogP contribution in [0.3, 0.4) is 0 Å². The molecule has 1 aliphatic rings. The number of carbonyl (C=O) groups excluding carboxylic acids is 1. The van der Waals surface area contributed by atoms with Crippen LogP contribution >= 0.6 is 0 Å². The molecule has 1 aliphatic heterocycles. The van der Waals surface area contributed by atoms with Crippen LogP contribution < -0.4 is 0 Å². The van der Waals surface area contributed by atoms with Crippen molar-refractivity contribution < 1.29 is 14.6 Å². The second-order valence-electron chi connectivity index (χ2n) is 4.27. The standard InChI is InChI=1S/C12H21NO3/c1-10(14)3-4-12(15)13-7-5-11(6-8-13)9-16-2/h5,10,14H,3-4,6-9H2,1-2H3. The van der Waals surface area contributed by atoms with Crippen LogP contribution in [0.4, 0.5) is 0 Å². The predicted molar refractivity (Wildman–Crippen MR) is 62.1 cm³/mol. The van der Waals surface area contributed by atoms with E-state index < -0.39 is 6.10 Å². The summed E-state index contributed by atoms with van der Waals surface area (Å²) in [6.45, 7) is 3.82. The molecule has 16 heavy (non-hydrogen) atoms. The van der Waals surface area contributed by atoms with Crippen LogP contribution in [0.1, 0.15) is 26.2 Å². The van der Waals surface area contributed by atoms with Gasteiger partial charge in [-0.25, -0.2) is 0 Å². The first-order valence-electron chi connectivity index (χ1n) is 5.76. The average molecular weight is 227 g/mol. The Labute approximate surface area is 96.9 Å². The summed E-state index contributed by atoms with van der Waals surface area (Å²) < 4.78 is 5.05. The molecule has 92 valence electrons. The molecule has 1 rings (SSSR count). The van der Waals surface area contributed by atoms with Crippen LogP contribution in [0, 0.1) is 0 Å². The fourth-order valence-electron chi connectivity index (χ4n) is 1.74. The SMILES string of the molecule is COCC1=CCN(C(=O)CCC(C)O)CC1. The normalized spacial score (nSPS) is 18.2. The number of rotatable bonds is 5. The Morgan fingerprint density at radius 1 is 1.69 bits per heavy atom. The van der Waals surface area contributed by atoms with E-state index in [-0.39, 0.29) is 5.91 Å². The van der Waals surface area contributed by atoms with Gasteiger partial charge in [-0.3, -0.25) is 4.79 Å². The first-order chi connectivity index (χ1) is 7.63. The number of aliphatic hydroxyl groups excluding tert-OH is 1. The van der Waals surface area contributed by atoms with Gasteiger partial charge in [0, 0.05) is 26.6 Å². The zero-order valence-corrected chi connectivity index (χ0v) is 10.1. The maximum atomic E-state index is 11.7. The van der Waals surface area contributed by atoms with Crippen LogP contribution in [0.15, 0.2) is 11.6 Å². The summed E-state index contributed by atoms with van der Waals surface area (Å²) in [5.74, 6) is 0.133. The summed E-state index contributed by atoms with van der Waals surface area (Å²) in [5.41, 5.74) is 1.27. The van der Waals surface area contributed by atoms with Gasteiger partial charge in [0.05, 0.1) is 12.7 Å². The Morgan fingerprint density at radius 3 is 2.94 bits per heavy atom. The first-order valence-corrected chi connectivity index (χ1v) is 5.76. The molecule has 0 saturated heterocycles. The zero-order chi connectivity index (χ0) is 12.0. The van der Waals surface area contributed by atoms with E-state index in [1.54, 1.807) is 14.0 Å². The highest BCUT2D eigenvalue weighted by Gasteiger charge is 2.17. The lowest BCUT2D eigenvalue weighted by Gasteiger charge is -2.26. The van der Waals surface area contributed by atoms with Crippen LogP contribution in [0.25, 0.3) is 0 Å². The van der Waals surface area contributed by atoms with Crippen molar-refractivity contribution in [3.63, 3.8) is 0 Å². The van der Waals surface area contributed by atoms with Crippen molar-refractivity contribution in [1.82, 2.24) is 4.90 Å². The van der Waals surface area contributed by atoms with E-state index >= 15 is 0 Å². The Balaban J connectivity index is 2.32. The van der Waals surface area contributed by atoms with E-state index in [1.807, 2.05) is 4.90 Å². The van der Waals surface area contributed by atoms with E-state index in [0.717, 1.165) is 13.0 Å². The van der Waals surface area contributed by atoms with Crippen molar-refractivity contribution in [3.05, 3.63) is 11.6 Å².